The number of hydrogen-bond donors (Lipinski definition) is 2. The molecule has 1 aliphatic heterocycles. The molecule has 0 spiro atoms. The van der Waals surface area contributed by atoms with Crippen LogP contribution in [-0.4, -0.2) is 48.4 Å². The zero-order valence-corrected chi connectivity index (χ0v) is 14.1. The van der Waals surface area contributed by atoms with Crippen LogP contribution < -0.4 is 10.1 Å². The van der Waals surface area contributed by atoms with Crippen molar-refractivity contribution in [2.75, 3.05) is 26.3 Å². The van der Waals surface area contributed by atoms with Gasteiger partial charge < -0.3 is 20.1 Å². The second kappa shape index (κ2) is 8.77. The minimum absolute atomic E-state index is 0.0209. The standard InChI is InChI=1S/C18H28N2O3/c1-14(2)13-23-17-7-5-15(6-8-17)9-10-19-18(22)20-11-3-4-16(20)12-21/h5-8,14,16,21H,3-4,9-13H2,1-2H3,(H,19,22). The van der Waals surface area contributed by atoms with Gasteiger partial charge in [0.2, 0.25) is 0 Å². The van der Waals surface area contributed by atoms with Crippen LogP contribution in [-0.2, 0) is 6.42 Å². The quantitative estimate of drug-likeness (QED) is 0.811. The fourth-order valence-corrected chi connectivity index (χ4v) is 2.72. The lowest BCUT2D eigenvalue weighted by molar-refractivity contribution is 0.157. The molecule has 2 N–H and O–H groups in total. The van der Waals surface area contributed by atoms with Gasteiger partial charge in [0.1, 0.15) is 5.75 Å². The molecule has 2 rings (SSSR count). The Kier molecular flexibility index (Phi) is 6.71. The summed E-state index contributed by atoms with van der Waals surface area (Å²) in [6.45, 7) is 6.35. The van der Waals surface area contributed by atoms with Gasteiger partial charge in [-0.25, -0.2) is 4.79 Å². The van der Waals surface area contributed by atoms with E-state index in [4.69, 9.17) is 4.74 Å². The molecule has 1 unspecified atom stereocenters. The Hall–Kier alpha value is -1.75. The molecule has 5 nitrogen and oxygen atoms in total. The molecule has 0 bridgehead atoms. The van der Waals surface area contributed by atoms with Gasteiger partial charge in [0.15, 0.2) is 0 Å². The maximum atomic E-state index is 12.1. The van der Waals surface area contributed by atoms with Crippen LogP contribution in [0.2, 0.25) is 0 Å². The highest BCUT2D eigenvalue weighted by Crippen LogP contribution is 2.16. The van der Waals surface area contributed by atoms with E-state index in [0.29, 0.717) is 12.5 Å². The van der Waals surface area contributed by atoms with Crippen LogP contribution in [0.4, 0.5) is 4.79 Å². The maximum absolute atomic E-state index is 12.1. The number of nitrogens with one attached hydrogen (secondary N) is 1. The smallest absolute Gasteiger partial charge is 0.317 e. The van der Waals surface area contributed by atoms with Crippen LogP contribution in [0, 0.1) is 5.92 Å². The number of carbonyl (C=O) groups is 1. The van der Waals surface area contributed by atoms with E-state index >= 15 is 0 Å². The number of likely N-dealkylation sites (tertiary alicyclic amines) is 1. The zero-order valence-electron chi connectivity index (χ0n) is 14.1. The van der Waals surface area contributed by atoms with Gasteiger partial charge >= 0.3 is 6.03 Å². The number of aliphatic hydroxyl groups excluding tert-OH is 1. The topological polar surface area (TPSA) is 61.8 Å². The first-order valence-electron chi connectivity index (χ1n) is 8.47. The summed E-state index contributed by atoms with van der Waals surface area (Å²) in [7, 11) is 0. The van der Waals surface area contributed by atoms with E-state index in [1.807, 2.05) is 24.3 Å². The van der Waals surface area contributed by atoms with Gasteiger partial charge in [-0.2, -0.15) is 0 Å². The van der Waals surface area contributed by atoms with Crippen LogP contribution in [0.3, 0.4) is 0 Å². The first-order chi connectivity index (χ1) is 11.1. The largest absolute Gasteiger partial charge is 0.493 e. The molecule has 1 aliphatic rings. The molecule has 0 aliphatic carbocycles. The van der Waals surface area contributed by atoms with E-state index < -0.39 is 0 Å². The summed E-state index contributed by atoms with van der Waals surface area (Å²) in [4.78, 5) is 13.8. The minimum Gasteiger partial charge on any atom is -0.493 e. The number of benzene rings is 1. The lowest BCUT2D eigenvalue weighted by Gasteiger charge is -2.23. The summed E-state index contributed by atoms with van der Waals surface area (Å²) in [5.41, 5.74) is 1.17. The summed E-state index contributed by atoms with van der Waals surface area (Å²) in [5.74, 6) is 1.40. The molecule has 2 amide bonds. The maximum Gasteiger partial charge on any atom is 0.317 e. The molecule has 0 radical (unpaired) electrons. The number of carbonyl (C=O) groups excluding carboxylic acids is 1. The van der Waals surface area contributed by atoms with E-state index in [1.165, 1.54) is 5.56 Å². The Balaban J connectivity index is 1.72. The van der Waals surface area contributed by atoms with Crippen molar-refractivity contribution in [2.45, 2.75) is 39.2 Å². The van der Waals surface area contributed by atoms with Crippen LogP contribution in [0.1, 0.15) is 32.3 Å². The van der Waals surface area contributed by atoms with Gasteiger partial charge in [0.05, 0.1) is 19.3 Å². The normalized spacial score (nSPS) is 17.6. The molecule has 1 fully saturated rings. The number of amides is 2. The SMILES string of the molecule is CC(C)COc1ccc(CCNC(=O)N2CCCC2CO)cc1. The zero-order chi connectivity index (χ0) is 16.7. The lowest BCUT2D eigenvalue weighted by atomic mass is 10.1. The molecule has 1 heterocycles. The lowest BCUT2D eigenvalue weighted by Crippen LogP contribution is -2.44. The third kappa shape index (κ3) is 5.43. The monoisotopic (exact) mass is 320 g/mol. The molecule has 1 atom stereocenters. The summed E-state index contributed by atoms with van der Waals surface area (Å²) < 4.78 is 5.66. The number of aliphatic hydroxyl groups is 1. The first-order valence-corrected chi connectivity index (χ1v) is 8.47. The van der Waals surface area contributed by atoms with Crippen LogP contribution in [0.15, 0.2) is 24.3 Å². The van der Waals surface area contributed by atoms with Crippen molar-refractivity contribution in [1.29, 1.82) is 0 Å². The number of rotatable bonds is 7. The molecule has 5 heteroatoms. The Morgan fingerprint density at radius 2 is 2.13 bits per heavy atom. The average molecular weight is 320 g/mol. The van der Waals surface area contributed by atoms with Crippen LogP contribution in [0.5, 0.6) is 5.75 Å². The summed E-state index contributed by atoms with van der Waals surface area (Å²) in [6, 6.07) is 7.93. The molecule has 0 aromatic heterocycles. The Morgan fingerprint density at radius 3 is 2.78 bits per heavy atom. The fourth-order valence-electron chi connectivity index (χ4n) is 2.72. The third-order valence-electron chi connectivity index (χ3n) is 4.05. The molecule has 1 aromatic rings. The second-order valence-electron chi connectivity index (χ2n) is 6.50. The number of urea groups is 1. The van der Waals surface area contributed by atoms with Crippen molar-refractivity contribution in [2.24, 2.45) is 5.92 Å². The third-order valence-corrected chi connectivity index (χ3v) is 4.05. The van der Waals surface area contributed by atoms with Crippen molar-refractivity contribution >= 4 is 6.03 Å². The van der Waals surface area contributed by atoms with Crippen LogP contribution in [0.25, 0.3) is 0 Å². The van der Waals surface area contributed by atoms with E-state index in [-0.39, 0.29) is 18.7 Å². The van der Waals surface area contributed by atoms with E-state index in [9.17, 15) is 9.90 Å². The van der Waals surface area contributed by atoms with Gasteiger partial charge in [-0.3, -0.25) is 0 Å². The van der Waals surface area contributed by atoms with E-state index in [0.717, 1.165) is 38.2 Å². The van der Waals surface area contributed by atoms with Crippen molar-refractivity contribution in [3.63, 3.8) is 0 Å². The highest BCUT2D eigenvalue weighted by molar-refractivity contribution is 5.74. The number of hydrogen-bond acceptors (Lipinski definition) is 3. The summed E-state index contributed by atoms with van der Waals surface area (Å²) >= 11 is 0. The Morgan fingerprint density at radius 1 is 1.39 bits per heavy atom. The highest BCUT2D eigenvalue weighted by atomic mass is 16.5. The van der Waals surface area contributed by atoms with E-state index in [2.05, 4.69) is 19.2 Å². The van der Waals surface area contributed by atoms with Crippen LogP contribution >= 0.6 is 0 Å². The predicted molar refractivity (Wildman–Crippen MR) is 90.7 cm³/mol. The van der Waals surface area contributed by atoms with Gasteiger partial charge in [-0.15, -0.1) is 0 Å². The molecule has 128 valence electrons. The highest BCUT2D eigenvalue weighted by Gasteiger charge is 2.27. The minimum atomic E-state index is -0.0709. The molecular weight excluding hydrogens is 292 g/mol. The van der Waals surface area contributed by atoms with Crippen molar-refractivity contribution in [3.05, 3.63) is 29.8 Å². The molecule has 1 saturated heterocycles. The molecule has 1 aromatic carbocycles. The molecular formula is C18H28N2O3. The average Bonchev–Trinajstić information content (AvgIpc) is 3.02. The second-order valence-corrected chi connectivity index (χ2v) is 6.50. The Bertz CT molecular complexity index is 488. The van der Waals surface area contributed by atoms with Crippen molar-refractivity contribution in [1.82, 2.24) is 10.2 Å². The van der Waals surface area contributed by atoms with Crippen molar-refractivity contribution in [3.8, 4) is 5.75 Å². The van der Waals surface area contributed by atoms with Gasteiger partial charge in [-0.05, 0) is 42.9 Å². The fraction of sp³-hybridized carbons (Fsp3) is 0.611. The van der Waals surface area contributed by atoms with Crippen molar-refractivity contribution < 1.29 is 14.6 Å². The van der Waals surface area contributed by atoms with Gasteiger partial charge in [0.25, 0.3) is 0 Å². The van der Waals surface area contributed by atoms with E-state index in [1.54, 1.807) is 4.90 Å². The van der Waals surface area contributed by atoms with Gasteiger partial charge in [-0.1, -0.05) is 26.0 Å². The Labute approximate surface area is 138 Å². The first kappa shape index (κ1) is 17.6. The summed E-state index contributed by atoms with van der Waals surface area (Å²) in [5, 5.41) is 12.2. The summed E-state index contributed by atoms with van der Waals surface area (Å²) in [6.07, 6.45) is 2.64. The van der Waals surface area contributed by atoms with Gasteiger partial charge in [0, 0.05) is 13.1 Å². The number of ether oxygens (including phenoxy) is 1. The number of nitrogens with zero attached hydrogens (tertiary/aromatic N) is 1. The predicted octanol–water partition coefficient (Wildman–Crippen LogP) is 2.43. The molecule has 23 heavy (non-hydrogen) atoms. The molecule has 0 saturated carbocycles.